The monoisotopic (exact) mass is 291 g/mol. The zero-order valence-corrected chi connectivity index (χ0v) is 12.5. The molecular formula is C19H17NO2. The van der Waals surface area contributed by atoms with Crippen LogP contribution in [0.15, 0.2) is 48.5 Å². The lowest BCUT2D eigenvalue weighted by Gasteiger charge is -2.18. The van der Waals surface area contributed by atoms with Crippen molar-refractivity contribution in [2.45, 2.75) is 25.3 Å². The number of fused-ring (bicyclic) bond motifs is 3. The molecule has 110 valence electrons. The van der Waals surface area contributed by atoms with E-state index in [1.165, 1.54) is 0 Å². The summed E-state index contributed by atoms with van der Waals surface area (Å²) >= 11 is 0. The number of carbonyl (C=O) groups excluding carboxylic acids is 1. The van der Waals surface area contributed by atoms with Crippen molar-refractivity contribution < 1.29 is 9.53 Å². The van der Waals surface area contributed by atoms with Gasteiger partial charge in [-0.1, -0.05) is 48.5 Å². The van der Waals surface area contributed by atoms with Gasteiger partial charge in [0, 0.05) is 0 Å². The molecule has 0 atom stereocenters. The van der Waals surface area contributed by atoms with Gasteiger partial charge in [0.05, 0.1) is 19.4 Å². The van der Waals surface area contributed by atoms with Gasteiger partial charge in [0.2, 0.25) is 0 Å². The maximum Gasteiger partial charge on any atom is 0.394 e. The third-order valence-corrected chi connectivity index (χ3v) is 4.16. The van der Waals surface area contributed by atoms with Crippen molar-refractivity contribution >= 4 is 5.97 Å². The summed E-state index contributed by atoms with van der Waals surface area (Å²) < 4.78 is 5.21. The van der Waals surface area contributed by atoms with Crippen LogP contribution in [0.2, 0.25) is 0 Å². The average molecular weight is 291 g/mol. The molecule has 2 aromatic rings. The number of rotatable bonds is 2. The van der Waals surface area contributed by atoms with E-state index in [-0.39, 0.29) is 0 Å². The van der Waals surface area contributed by atoms with Crippen LogP contribution in [0.25, 0.3) is 16.0 Å². The van der Waals surface area contributed by atoms with Gasteiger partial charge in [-0.2, -0.15) is 0 Å². The Hall–Kier alpha value is -2.60. The maximum atomic E-state index is 12.5. The van der Waals surface area contributed by atoms with E-state index in [1.807, 2.05) is 36.4 Å². The maximum absolute atomic E-state index is 12.5. The van der Waals surface area contributed by atoms with Crippen LogP contribution in [-0.2, 0) is 22.4 Å². The number of nitrogens with zero attached hydrogens (tertiary/aromatic N) is 1. The van der Waals surface area contributed by atoms with Crippen LogP contribution in [0, 0.1) is 6.57 Å². The normalized spacial score (nSPS) is 14.9. The van der Waals surface area contributed by atoms with E-state index < -0.39 is 11.5 Å². The molecular weight excluding hydrogens is 274 g/mol. The summed E-state index contributed by atoms with van der Waals surface area (Å²) in [5.74, 6) is -0.420. The quantitative estimate of drug-likeness (QED) is 0.624. The van der Waals surface area contributed by atoms with Gasteiger partial charge in [-0.3, -0.25) is 4.85 Å². The summed E-state index contributed by atoms with van der Waals surface area (Å²) in [5, 5.41) is 0. The van der Waals surface area contributed by atoms with E-state index in [1.54, 1.807) is 6.92 Å². The summed E-state index contributed by atoms with van der Waals surface area (Å²) in [5.41, 5.74) is 3.09. The SMILES string of the molecule is [C-]#[N+]C1(C(=O)OCC)Cc2ccccc2-c2ccccc2C1. The van der Waals surface area contributed by atoms with Crippen molar-refractivity contribution in [3.63, 3.8) is 0 Å². The van der Waals surface area contributed by atoms with E-state index >= 15 is 0 Å². The lowest BCUT2D eigenvalue weighted by molar-refractivity contribution is -0.147. The van der Waals surface area contributed by atoms with Crippen LogP contribution in [-0.4, -0.2) is 18.1 Å². The first kappa shape index (κ1) is 14.3. The van der Waals surface area contributed by atoms with Crippen molar-refractivity contribution in [3.05, 3.63) is 71.1 Å². The molecule has 0 fully saturated rings. The van der Waals surface area contributed by atoms with E-state index in [0.717, 1.165) is 22.3 Å². The number of carbonyl (C=O) groups is 1. The second-order valence-corrected chi connectivity index (χ2v) is 5.53. The Balaban J connectivity index is 2.21. The summed E-state index contributed by atoms with van der Waals surface area (Å²) in [6.07, 6.45) is 0.778. The van der Waals surface area contributed by atoms with E-state index in [4.69, 9.17) is 11.3 Å². The zero-order chi connectivity index (χ0) is 15.6. The van der Waals surface area contributed by atoms with Gasteiger partial charge in [-0.15, -0.1) is 0 Å². The molecule has 0 spiro atoms. The molecule has 22 heavy (non-hydrogen) atoms. The molecule has 0 bridgehead atoms. The Morgan fingerprint density at radius 2 is 1.59 bits per heavy atom. The summed E-state index contributed by atoms with van der Waals surface area (Å²) in [6.45, 7) is 9.72. The van der Waals surface area contributed by atoms with Crippen LogP contribution in [0.4, 0.5) is 0 Å². The highest BCUT2D eigenvalue weighted by molar-refractivity contribution is 5.87. The highest BCUT2D eigenvalue weighted by Gasteiger charge is 2.49. The third kappa shape index (κ3) is 2.27. The summed E-state index contributed by atoms with van der Waals surface area (Å²) in [6, 6.07) is 16.0. The molecule has 0 aromatic heterocycles. The third-order valence-electron chi connectivity index (χ3n) is 4.16. The fraction of sp³-hybridized carbons (Fsp3) is 0.263. The predicted molar refractivity (Wildman–Crippen MR) is 85.3 cm³/mol. The van der Waals surface area contributed by atoms with Crippen LogP contribution >= 0.6 is 0 Å². The Morgan fingerprint density at radius 3 is 2.05 bits per heavy atom. The molecule has 0 aliphatic heterocycles. The Morgan fingerprint density at radius 1 is 1.09 bits per heavy atom. The second kappa shape index (κ2) is 5.65. The number of hydrogen-bond acceptors (Lipinski definition) is 2. The minimum Gasteiger partial charge on any atom is -0.460 e. The summed E-state index contributed by atoms with van der Waals surface area (Å²) in [7, 11) is 0. The van der Waals surface area contributed by atoms with Crippen molar-refractivity contribution in [1.29, 1.82) is 0 Å². The van der Waals surface area contributed by atoms with Crippen LogP contribution in [0.5, 0.6) is 0 Å². The highest BCUT2D eigenvalue weighted by atomic mass is 16.5. The van der Waals surface area contributed by atoms with Crippen molar-refractivity contribution in [2.24, 2.45) is 0 Å². The predicted octanol–water partition coefficient (Wildman–Crippen LogP) is 3.67. The fourth-order valence-electron chi connectivity index (χ4n) is 3.10. The van der Waals surface area contributed by atoms with Gasteiger partial charge in [-0.25, -0.2) is 11.4 Å². The molecule has 0 radical (unpaired) electrons. The first-order valence-electron chi connectivity index (χ1n) is 7.42. The molecule has 3 heteroatoms. The molecule has 1 aliphatic rings. The molecule has 0 heterocycles. The molecule has 3 nitrogen and oxygen atoms in total. The molecule has 0 amide bonds. The summed E-state index contributed by atoms with van der Waals surface area (Å²) in [4.78, 5) is 16.2. The van der Waals surface area contributed by atoms with Gasteiger partial charge in [0.25, 0.3) is 0 Å². The van der Waals surface area contributed by atoms with Gasteiger partial charge < -0.3 is 4.74 Å². The fourth-order valence-corrected chi connectivity index (χ4v) is 3.10. The van der Waals surface area contributed by atoms with Crippen molar-refractivity contribution in [2.75, 3.05) is 6.61 Å². The lowest BCUT2D eigenvalue weighted by Crippen LogP contribution is -2.41. The van der Waals surface area contributed by atoms with Gasteiger partial charge in [-0.05, 0) is 29.2 Å². The first-order valence-corrected chi connectivity index (χ1v) is 7.42. The van der Waals surface area contributed by atoms with Crippen molar-refractivity contribution in [3.8, 4) is 11.1 Å². The first-order chi connectivity index (χ1) is 10.7. The molecule has 0 saturated carbocycles. The molecule has 0 saturated heterocycles. The lowest BCUT2D eigenvalue weighted by atomic mass is 9.87. The number of ether oxygens (including phenoxy) is 1. The second-order valence-electron chi connectivity index (χ2n) is 5.53. The van der Waals surface area contributed by atoms with E-state index in [0.29, 0.717) is 19.4 Å². The largest absolute Gasteiger partial charge is 0.460 e. The standard InChI is InChI=1S/C19H17NO2/c1-3-22-18(21)19(20-2)12-14-8-4-6-10-16(14)17-11-7-5-9-15(17)13-19/h4-11H,3,12-13H2,1H3. The van der Waals surface area contributed by atoms with Gasteiger partial charge >= 0.3 is 11.5 Å². The topological polar surface area (TPSA) is 30.7 Å². The smallest absolute Gasteiger partial charge is 0.394 e. The minimum absolute atomic E-state index is 0.291. The van der Waals surface area contributed by atoms with Gasteiger partial charge in [0.1, 0.15) is 0 Å². The highest BCUT2D eigenvalue weighted by Crippen LogP contribution is 2.38. The molecule has 0 unspecified atom stereocenters. The molecule has 1 aliphatic carbocycles. The van der Waals surface area contributed by atoms with Crippen LogP contribution in [0.1, 0.15) is 18.1 Å². The molecule has 0 N–H and O–H groups in total. The van der Waals surface area contributed by atoms with Crippen LogP contribution < -0.4 is 0 Å². The number of hydrogen-bond donors (Lipinski definition) is 0. The molecule has 2 aromatic carbocycles. The Kier molecular flexibility index (Phi) is 3.68. The number of benzene rings is 2. The zero-order valence-electron chi connectivity index (χ0n) is 12.5. The van der Waals surface area contributed by atoms with E-state index in [2.05, 4.69) is 17.0 Å². The average Bonchev–Trinajstić information content (AvgIpc) is 2.70. The Bertz CT molecular complexity index is 711. The van der Waals surface area contributed by atoms with Gasteiger partial charge in [0.15, 0.2) is 0 Å². The van der Waals surface area contributed by atoms with Crippen LogP contribution in [0.3, 0.4) is 0 Å². The minimum atomic E-state index is -1.17. The van der Waals surface area contributed by atoms with Crippen molar-refractivity contribution in [1.82, 2.24) is 0 Å². The molecule has 3 rings (SSSR count). The van der Waals surface area contributed by atoms with E-state index in [9.17, 15) is 4.79 Å². The Labute approximate surface area is 130 Å². The number of esters is 1.